The summed E-state index contributed by atoms with van der Waals surface area (Å²) in [4.78, 5) is 18.7. The molecule has 0 fully saturated rings. The van der Waals surface area contributed by atoms with Gasteiger partial charge in [0.1, 0.15) is 5.69 Å². The molecule has 5 heteroatoms. The lowest BCUT2D eigenvalue weighted by molar-refractivity contribution is 0.0996. The van der Waals surface area contributed by atoms with Crippen LogP contribution in [0.25, 0.3) is 0 Å². The molecule has 0 atom stereocenters. The second kappa shape index (κ2) is 7.99. The number of rotatable bonds is 4. The second-order valence-electron chi connectivity index (χ2n) is 2.95. The Morgan fingerprint density at radius 3 is 2.07 bits per heavy atom. The van der Waals surface area contributed by atoms with E-state index in [4.69, 9.17) is 5.73 Å². The van der Waals surface area contributed by atoms with Gasteiger partial charge in [-0.1, -0.05) is 20.8 Å². The van der Waals surface area contributed by atoms with Crippen LogP contribution in [0.15, 0.2) is 12.5 Å². The molecule has 1 heterocycles. The van der Waals surface area contributed by atoms with Gasteiger partial charge in [-0.3, -0.25) is 4.79 Å². The van der Waals surface area contributed by atoms with E-state index in [0.717, 1.165) is 0 Å². The van der Waals surface area contributed by atoms with Gasteiger partial charge in [0.2, 0.25) is 0 Å². The Hall–Kier alpha value is -1.36. The second-order valence-corrected chi connectivity index (χ2v) is 2.95. The molecule has 0 radical (unpaired) electrons. The van der Waals surface area contributed by atoms with Gasteiger partial charge < -0.3 is 15.6 Å². The number of carbonyl (C=O) groups is 1. The van der Waals surface area contributed by atoms with Gasteiger partial charge in [0.15, 0.2) is 0 Å². The van der Waals surface area contributed by atoms with Gasteiger partial charge in [-0.15, -0.1) is 0 Å². The number of aromatic amines is 1. The number of nitrogens with two attached hydrogens (primary N) is 1. The van der Waals surface area contributed by atoms with Gasteiger partial charge in [0.25, 0.3) is 5.91 Å². The number of hydrogen-bond donors (Lipinski definition) is 2. The van der Waals surface area contributed by atoms with E-state index in [1.165, 1.54) is 32.2 Å². The standard InChI is InChI=1S/C6H15N.C4H5N3O/c1-4-7(5-2)6-3;5-4(8)3-1-6-2-7-3/h4-6H2,1-3H3;1-2H,(H2,5,8)(H,6,7). The Morgan fingerprint density at radius 1 is 1.40 bits per heavy atom. The van der Waals surface area contributed by atoms with Crippen LogP contribution in [-0.4, -0.2) is 40.4 Å². The monoisotopic (exact) mass is 212 g/mol. The van der Waals surface area contributed by atoms with E-state index in [1.54, 1.807) is 0 Å². The number of nitrogens with one attached hydrogen (secondary N) is 1. The lowest BCUT2D eigenvalue weighted by atomic mass is 10.5. The maximum atomic E-state index is 10.2. The van der Waals surface area contributed by atoms with Crippen molar-refractivity contribution in [1.82, 2.24) is 14.9 Å². The lowest BCUT2D eigenvalue weighted by Crippen LogP contribution is -2.21. The van der Waals surface area contributed by atoms with Gasteiger partial charge in [0.05, 0.1) is 12.5 Å². The summed E-state index contributed by atoms with van der Waals surface area (Å²) in [5.74, 6) is -0.484. The van der Waals surface area contributed by atoms with Crippen LogP contribution >= 0.6 is 0 Å². The fourth-order valence-corrected chi connectivity index (χ4v) is 1.06. The molecule has 1 aromatic rings. The number of imidazole rings is 1. The highest BCUT2D eigenvalue weighted by atomic mass is 16.1. The van der Waals surface area contributed by atoms with E-state index in [1.807, 2.05) is 0 Å². The van der Waals surface area contributed by atoms with Crippen LogP contribution in [0.1, 0.15) is 31.3 Å². The molecule has 0 saturated heterocycles. The third kappa shape index (κ3) is 5.85. The number of primary amides is 1. The largest absolute Gasteiger partial charge is 0.364 e. The summed E-state index contributed by atoms with van der Waals surface area (Å²) in [5, 5.41) is 0. The van der Waals surface area contributed by atoms with Crippen LogP contribution in [0.4, 0.5) is 0 Å². The van der Waals surface area contributed by atoms with Crippen LogP contribution in [0.5, 0.6) is 0 Å². The Kier molecular flexibility index (Phi) is 7.27. The summed E-state index contributed by atoms with van der Waals surface area (Å²) in [6.45, 7) is 10.1. The third-order valence-electron chi connectivity index (χ3n) is 2.11. The maximum Gasteiger partial charge on any atom is 0.266 e. The van der Waals surface area contributed by atoms with Crippen molar-refractivity contribution in [2.75, 3.05) is 19.6 Å². The fourth-order valence-electron chi connectivity index (χ4n) is 1.06. The van der Waals surface area contributed by atoms with Crippen molar-refractivity contribution in [2.24, 2.45) is 5.73 Å². The first kappa shape index (κ1) is 13.6. The number of nitrogens with zero attached hydrogens (tertiary/aromatic N) is 2. The first-order chi connectivity index (χ1) is 7.15. The van der Waals surface area contributed by atoms with E-state index in [2.05, 4.69) is 35.6 Å². The first-order valence-electron chi connectivity index (χ1n) is 5.16. The number of H-pyrrole nitrogens is 1. The van der Waals surface area contributed by atoms with Crippen LogP contribution < -0.4 is 5.73 Å². The van der Waals surface area contributed by atoms with Crippen LogP contribution in [-0.2, 0) is 0 Å². The van der Waals surface area contributed by atoms with Gasteiger partial charge >= 0.3 is 0 Å². The molecular weight excluding hydrogens is 192 g/mol. The van der Waals surface area contributed by atoms with Gasteiger partial charge in [0, 0.05) is 0 Å². The van der Waals surface area contributed by atoms with E-state index in [-0.39, 0.29) is 0 Å². The minimum atomic E-state index is -0.484. The van der Waals surface area contributed by atoms with Crippen molar-refractivity contribution < 1.29 is 4.79 Å². The molecule has 0 saturated carbocycles. The summed E-state index contributed by atoms with van der Waals surface area (Å²) in [6.07, 6.45) is 2.78. The number of carbonyl (C=O) groups excluding carboxylic acids is 1. The zero-order valence-electron chi connectivity index (χ0n) is 9.66. The summed E-state index contributed by atoms with van der Waals surface area (Å²) < 4.78 is 0. The highest BCUT2D eigenvalue weighted by Gasteiger charge is 1.96. The molecule has 0 bridgehead atoms. The molecule has 1 amide bonds. The molecule has 86 valence electrons. The highest BCUT2D eigenvalue weighted by Crippen LogP contribution is 1.85. The van der Waals surface area contributed by atoms with Crippen molar-refractivity contribution in [3.05, 3.63) is 18.2 Å². The first-order valence-corrected chi connectivity index (χ1v) is 5.16. The topological polar surface area (TPSA) is 75.0 Å². The van der Waals surface area contributed by atoms with Gasteiger partial charge in [-0.25, -0.2) is 4.98 Å². The van der Waals surface area contributed by atoms with E-state index < -0.39 is 5.91 Å². The summed E-state index contributed by atoms with van der Waals surface area (Å²) in [5.41, 5.74) is 5.19. The van der Waals surface area contributed by atoms with Gasteiger partial charge in [-0.2, -0.15) is 0 Å². The molecule has 1 aromatic heterocycles. The van der Waals surface area contributed by atoms with E-state index >= 15 is 0 Å². The Balaban J connectivity index is 0.000000265. The molecule has 15 heavy (non-hydrogen) atoms. The number of hydrogen-bond acceptors (Lipinski definition) is 3. The zero-order chi connectivity index (χ0) is 11.7. The normalized spacial score (nSPS) is 9.60. The molecule has 0 aliphatic rings. The lowest BCUT2D eigenvalue weighted by Gasteiger charge is -2.13. The molecular formula is C10H20N4O. The summed E-state index contributed by atoms with van der Waals surface area (Å²) in [6, 6.07) is 0. The highest BCUT2D eigenvalue weighted by molar-refractivity contribution is 5.90. The molecule has 0 aromatic carbocycles. The van der Waals surface area contributed by atoms with Crippen LogP contribution in [0.2, 0.25) is 0 Å². The third-order valence-corrected chi connectivity index (χ3v) is 2.11. The molecule has 3 N–H and O–H groups in total. The molecule has 0 aliphatic carbocycles. The Bertz CT molecular complexity index is 249. The van der Waals surface area contributed by atoms with Gasteiger partial charge in [-0.05, 0) is 19.6 Å². The van der Waals surface area contributed by atoms with Crippen molar-refractivity contribution >= 4 is 5.91 Å². The average Bonchev–Trinajstić information content (AvgIpc) is 2.74. The Labute approximate surface area is 90.7 Å². The molecule has 1 rings (SSSR count). The molecule has 0 spiro atoms. The van der Waals surface area contributed by atoms with E-state index in [9.17, 15) is 4.79 Å². The average molecular weight is 212 g/mol. The Morgan fingerprint density at radius 2 is 1.93 bits per heavy atom. The van der Waals surface area contributed by atoms with Crippen molar-refractivity contribution in [1.29, 1.82) is 0 Å². The number of amides is 1. The zero-order valence-corrected chi connectivity index (χ0v) is 9.66. The maximum absolute atomic E-state index is 10.2. The number of aromatic nitrogens is 2. The quantitative estimate of drug-likeness (QED) is 0.777. The van der Waals surface area contributed by atoms with E-state index in [0.29, 0.717) is 5.69 Å². The molecule has 0 unspecified atom stereocenters. The van der Waals surface area contributed by atoms with Crippen molar-refractivity contribution in [2.45, 2.75) is 20.8 Å². The smallest absolute Gasteiger partial charge is 0.266 e. The molecule has 5 nitrogen and oxygen atoms in total. The van der Waals surface area contributed by atoms with Crippen molar-refractivity contribution in [3.8, 4) is 0 Å². The van der Waals surface area contributed by atoms with Crippen LogP contribution in [0.3, 0.4) is 0 Å². The molecule has 0 aliphatic heterocycles. The predicted octanol–water partition coefficient (Wildman–Crippen LogP) is 0.857. The predicted molar refractivity (Wildman–Crippen MR) is 60.6 cm³/mol. The summed E-state index contributed by atoms with van der Waals surface area (Å²) >= 11 is 0. The fraction of sp³-hybridized carbons (Fsp3) is 0.600. The SMILES string of the molecule is CCN(CC)CC.NC(=O)c1cnc[nH]1. The van der Waals surface area contributed by atoms with Crippen molar-refractivity contribution in [3.63, 3.8) is 0 Å². The summed E-state index contributed by atoms with van der Waals surface area (Å²) in [7, 11) is 0. The minimum Gasteiger partial charge on any atom is -0.364 e. The minimum absolute atomic E-state index is 0.338. The van der Waals surface area contributed by atoms with Crippen LogP contribution in [0, 0.1) is 0 Å².